The molecule has 1 aliphatic rings. The lowest BCUT2D eigenvalue weighted by Gasteiger charge is -2.34. The number of pyridine rings is 1. The fourth-order valence-corrected chi connectivity index (χ4v) is 3.97. The minimum Gasteiger partial charge on any atom is -0.370 e. The van der Waals surface area contributed by atoms with Crippen LogP contribution in [0.4, 0.5) is 5.82 Å². The van der Waals surface area contributed by atoms with Crippen molar-refractivity contribution < 1.29 is 0 Å². The number of aliphatic imine (C=N–C) groups is 1. The molecule has 2 aromatic rings. The van der Waals surface area contributed by atoms with Gasteiger partial charge in [-0.2, -0.15) is 0 Å². The maximum Gasteiger partial charge on any atom is 0.189 e. The zero-order valence-electron chi connectivity index (χ0n) is 16.9. The van der Waals surface area contributed by atoms with E-state index in [2.05, 4.69) is 38.1 Å². The molecular weight excluding hydrogens is 407 g/mol. The second kappa shape index (κ2) is 10.1. The van der Waals surface area contributed by atoms with Gasteiger partial charge in [0.25, 0.3) is 0 Å². The standard InChI is InChI=1S/C21H28Cl2N6/c1-3-28-8-10-29(11-9-28)20-12-16(6-7-25-20)14-26-21(24)27-15(2)18-5-4-17(22)13-19(18)23/h4-7,12-13,15H,3,8-11,14H2,1-2H3,(H3,24,26,27). The molecule has 2 heterocycles. The minimum absolute atomic E-state index is 0.0774. The van der Waals surface area contributed by atoms with E-state index >= 15 is 0 Å². The molecule has 0 saturated carbocycles. The summed E-state index contributed by atoms with van der Waals surface area (Å²) in [6.45, 7) is 9.91. The molecule has 29 heavy (non-hydrogen) atoms. The summed E-state index contributed by atoms with van der Waals surface area (Å²) < 4.78 is 0. The maximum atomic E-state index is 6.27. The number of hydrogen-bond acceptors (Lipinski definition) is 4. The molecule has 1 fully saturated rings. The van der Waals surface area contributed by atoms with Crippen LogP contribution in [0.1, 0.15) is 31.0 Å². The molecule has 0 bridgehead atoms. The Morgan fingerprint density at radius 1 is 1.21 bits per heavy atom. The number of piperazine rings is 1. The highest BCUT2D eigenvalue weighted by atomic mass is 35.5. The van der Waals surface area contributed by atoms with Crippen molar-refractivity contribution in [3.63, 3.8) is 0 Å². The summed E-state index contributed by atoms with van der Waals surface area (Å²) in [6.07, 6.45) is 1.84. The van der Waals surface area contributed by atoms with Crippen LogP contribution in [0, 0.1) is 0 Å². The quantitative estimate of drug-likeness (QED) is 0.535. The zero-order chi connectivity index (χ0) is 20.8. The molecule has 1 atom stereocenters. The smallest absolute Gasteiger partial charge is 0.189 e. The van der Waals surface area contributed by atoms with Gasteiger partial charge in [-0.25, -0.2) is 9.98 Å². The van der Waals surface area contributed by atoms with E-state index in [0.29, 0.717) is 22.5 Å². The van der Waals surface area contributed by atoms with Crippen molar-refractivity contribution in [2.75, 3.05) is 37.6 Å². The van der Waals surface area contributed by atoms with Crippen LogP contribution in [0.2, 0.25) is 10.0 Å². The van der Waals surface area contributed by atoms with E-state index < -0.39 is 0 Å². The van der Waals surface area contributed by atoms with Gasteiger partial charge in [-0.05, 0) is 48.9 Å². The second-order valence-electron chi connectivity index (χ2n) is 7.18. The summed E-state index contributed by atoms with van der Waals surface area (Å²) >= 11 is 12.2. The van der Waals surface area contributed by atoms with Gasteiger partial charge in [-0.3, -0.25) is 0 Å². The predicted octanol–water partition coefficient (Wildman–Crippen LogP) is 3.70. The average molecular weight is 435 g/mol. The van der Waals surface area contributed by atoms with E-state index in [4.69, 9.17) is 28.9 Å². The van der Waals surface area contributed by atoms with Crippen molar-refractivity contribution in [1.82, 2.24) is 15.2 Å². The third-order valence-electron chi connectivity index (χ3n) is 5.18. The molecule has 1 unspecified atom stereocenters. The van der Waals surface area contributed by atoms with Crippen LogP contribution in [-0.4, -0.2) is 48.6 Å². The molecule has 1 aromatic carbocycles. The van der Waals surface area contributed by atoms with Gasteiger partial charge in [0.05, 0.1) is 12.6 Å². The van der Waals surface area contributed by atoms with Gasteiger partial charge >= 0.3 is 0 Å². The number of aromatic nitrogens is 1. The first kappa shape index (κ1) is 21.7. The summed E-state index contributed by atoms with van der Waals surface area (Å²) in [5.41, 5.74) is 8.09. The molecule has 3 rings (SSSR count). The molecule has 0 amide bonds. The number of likely N-dealkylation sites (N-methyl/N-ethyl adjacent to an activating group) is 1. The summed E-state index contributed by atoms with van der Waals surface area (Å²) in [4.78, 5) is 13.8. The number of hydrogen-bond donors (Lipinski definition) is 2. The Hall–Kier alpha value is -2.02. The van der Waals surface area contributed by atoms with E-state index in [1.807, 2.05) is 31.3 Å². The van der Waals surface area contributed by atoms with Gasteiger partial charge in [-0.15, -0.1) is 0 Å². The highest BCUT2D eigenvalue weighted by molar-refractivity contribution is 6.35. The first-order valence-corrected chi connectivity index (χ1v) is 10.7. The lowest BCUT2D eigenvalue weighted by Crippen LogP contribution is -2.46. The van der Waals surface area contributed by atoms with Crippen LogP contribution in [0.5, 0.6) is 0 Å². The zero-order valence-corrected chi connectivity index (χ0v) is 18.4. The van der Waals surface area contributed by atoms with Crippen LogP contribution < -0.4 is 16.0 Å². The Morgan fingerprint density at radius 2 is 1.97 bits per heavy atom. The highest BCUT2D eigenvalue weighted by Crippen LogP contribution is 2.26. The van der Waals surface area contributed by atoms with Crippen molar-refractivity contribution in [3.05, 3.63) is 57.7 Å². The van der Waals surface area contributed by atoms with Crippen LogP contribution in [0.3, 0.4) is 0 Å². The molecule has 0 radical (unpaired) electrons. The normalized spacial score (nSPS) is 16.7. The molecule has 1 aromatic heterocycles. The largest absolute Gasteiger partial charge is 0.370 e. The molecule has 0 aliphatic carbocycles. The average Bonchev–Trinajstić information content (AvgIpc) is 2.72. The molecule has 3 N–H and O–H groups in total. The first-order valence-electron chi connectivity index (χ1n) is 9.90. The third-order valence-corrected chi connectivity index (χ3v) is 5.74. The number of anilines is 1. The van der Waals surface area contributed by atoms with E-state index in [1.165, 1.54) is 0 Å². The monoisotopic (exact) mass is 434 g/mol. The maximum absolute atomic E-state index is 6.27. The third kappa shape index (κ3) is 5.98. The SMILES string of the molecule is CCN1CCN(c2cc(CN=C(N)NC(C)c3ccc(Cl)cc3Cl)ccn2)CC1. The number of nitrogens with zero attached hydrogens (tertiary/aromatic N) is 4. The van der Waals surface area contributed by atoms with Gasteiger partial charge in [0, 0.05) is 42.4 Å². The highest BCUT2D eigenvalue weighted by Gasteiger charge is 2.17. The van der Waals surface area contributed by atoms with Crippen molar-refractivity contribution in [3.8, 4) is 0 Å². The van der Waals surface area contributed by atoms with Crippen LogP contribution in [-0.2, 0) is 6.54 Å². The van der Waals surface area contributed by atoms with Gasteiger partial charge in [0.15, 0.2) is 5.96 Å². The molecule has 8 heteroatoms. The molecule has 1 saturated heterocycles. The number of guanidine groups is 1. The number of rotatable bonds is 6. The van der Waals surface area contributed by atoms with Crippen molar-refractivity contribution in [2.45, 2.75) is 26.4 Å². The topological polar surface area (TPSA) is 69.8 Å². The van der Waals surface area contributed by atoms with E-state index in [0.717, 1.165) is 49.7 Å². The number of benzene rings is 1. The lowest BCUT2D eigenvalue weighted by molar-refractivity contribution is 0.270. The Bertz CT molecular complexity index is 849. The van der Waals surface area contributed by atoms with E-state index in [9.17, 15) is 0 Å². The Balaban J connectivity index is 1.59. The number of nitrogens with two attached hydrogens (primary N) is 1. The van der Waals surface area contributed by atoms with E-state index in [1.54, 1.807) is 6.07 Å². The van der Waals surface area contributed by atoms with Crippen molar-refractivity contribution in [2.24, 2.45) is 10.7 Å². The molecular formula is C21H28Cl2N6. The number of halogens is 2. The van der Waals surface area contributed by atoms with Gasteiger partial charge in [-0.1, -0.05) is 36.2 Å². The van der Waals surface area contributed by atoms with Gasteiger partial charge in [0.2, 0.25) is 0 Å². The molecule has 6 nitrogen and oxygen atoms in total. The molecule has 156 valence electrons. The van der Waals surface area contributed by atoms with Gasteiger partial charge < -0.3 is 20.9 Å². The second-order valence-corrected chi connectivity index (χ2v) is 8.02. The molecule has 0 spiro atoms. The Labute approximate surface area is 182 Å². The van der Waals surface area contributed by atoms with Crippen LogP contribution in [0.25, 0.3) is 0 Å². The Morgan fingerprint density at radius 3 is 2.66 bits per heavy atom. The predicted molar refractivity (Wildman–Crippen MR) is 122 cm³/mol. The summed E-state index contributed by atoms with van der Waals surface area (Å²) in [7, 11) is 0. The molecule has 1 aliphatic heterocycles. The first-order chi connectivity index (χ1) is 14.0. The van der Waals surface area contributed by atoms with Crippen molar-refractivity contribution in [1.29, 1.82) is 0 Å². The van der Waals surface area contributed by atoms with Crippen molar-refractivity contribution >= 4 is 35.0 Å². The lowest BCUT2D eigenvalue weighted by atomic mass is 10.1. The summed E-state index contributed by atoms with van der Waals surface area (Å²) in [6, 6.07) is 9.42. The van der Waals surface area contributed by atoms with Gasteiger partial charge in [0.1, 0.15) is 5.82 Å². The fourth-order valence-electron chi connectivity index (χ4n) is 3.40. The Kier molecular flexibility index (Phi) is 7.58. The minimum atomic E-state index is -0.0774. The van der Waals surface area contributed by atoms with Crippen LogP contribution in [0.15, 0.2) is 41.5 Å². The van der Waals surface area contributed by atoms with E-state index in [-0.39, 0.29) is 6.04 Å². The van der Waals surface area contributed by atoms with Crippen LogP contribution >= 0.6 is 23.2 Å². The number of nitrogens with one attached hydrogen (secondary N) is 1. The fraction of sp³-hybridized carbons (Fsp3) is 0.429. The summed E-state index contributed by atoms with van der Waals surface area (Å²) in [5.74, 6) is 1.37. The summed E-state index contributed by atoms with van der Waals surface area (Å²) in [5, 5.41) is 4.40.